The lowest BCUT2D eigenvalue weighted by Gasteiger charge is -2.26. The highest BCUT2D eigenvalue weighted by Crippen LogP contribution is 2.34. The van der Waals surface area contributed by atoms with Gasteiger partial charge in [0.1, 0.15) is 10.8 Å². The maximum Gasteiger partial charge on any atom is 0.287 e. The summed E-state index contributed by atoms with van der Waals surface area (Å²) in [6.07, 6.45) is 1.47. The Kier molecular flexibility index (Phi) is 3.50. The van der Waals surface area contributed by atoms with Crippen LogP contribution in [-0.4, -0.2) is 29.3 Å². The van der Waals surface area contributed by atoms with E-state index in [1.54, 1.807) is 25.2 Å². The monoisotopic (exact) mass is 320 g/mol. The third-order valence-electron chi connectivity index (χ3n) is 3.40. The molecule has 1 aliphatic heterocycles. The fraction of sp³-hybridized carbons (Fsp3) is 0.214. The first kappa shape index (κ1) is 14.4. The second kappa shape index (κ2) is 5.34. The number of hydrogen-bond acceptors (Lipinski definition) is 5. The number of ether oxygens (including phenoxy) is 1. The molecule has 8 heteroatoms. The van der Waals surface area contributed by atoms with Gasteiger partial charge in [0.25, 0.3) is 11.5 Å². The molecule has 0 saturated heterocycles. The first-order valence-corrected chi connectivity index (χ1v) is 6.87. The minimum atomic E-state index is -0.389. The zero-order valence-corrected chi connectivity index (χ0v) is 12.7. The quantitative estimate of drug-likeness (QED) is 0.908. The number of nitrogens with one attached hydrogen (secondary N) is 1. The molecule has 0 radical (unpaired) electrons. The SMILES string of the molecule is CN1C(=O)COc2ccc(Nc3cnn(C)c(=O)c3Cl)cc21. The molecule has 1 aromatic carbocycles. The normalized spacial score (nSPS) is 13.6. The highest BCUT2D eigenvalue weighted by Gasteiger charge is 2.22. The Hall–Kier alpha value is -2.54. The van der Waals surface area contributed by atoms with Gasteiger partial charge in [0, 0.05) is 19.8 Å². The second-order valence-electron chi connectivity index (χ2n) is 4.85. The average Bonchev–Trinajstić information content (AvgIpc) is 2.52. The molecular formula is C14H13ClN4O3. The lowest BCUT2D eigenvalue weighted by atomic mass is 10.2. The molecule has 3 rings (SSSR count). The number of halogens is 1. The summed E-state index contributed by atoms with van der Waals surface area (Å²) in [4.78, 5) is 25.0. The highest BCUT2D eigenvalue weighted by atomic mass is 35.5. The summed E-state index contributed by atoms with van der Waals surface area (Å²) in [5.41, 5.74) is 1.32. The van der Waals surface area contributed by atoms with E-state index in [9.17, 15) is 9.59 Å². The van der Waals surface area contributed by atoms with E-state index in [0.29, 0.717) is 22.8 Å². The molecule has 1 N–H and O–H groups in total. The van der Waals surface area contributed by atoms with Crippen molar-refractivity contribution in [2.75, 3.05) is 23.9 Å². The van der Waals surface area contributed by atoms with Gasteiger partial charge < -0.3 is 15.0 Å². The van der Waals surface area contributed by atoms with Crippen LogP contribution in [0.2, 0.25) is 5.02 Å². The van der Waals surface area contributed by atoms with E-state index < -0.39 is 0 Å². The Bertz CT molecular complexity index is 818. The Morgan fingerprint density at radius 2 is 2.09 bits per heavy atom. The number of aryl methyl sites for hydroxylation is 1. The number of nitrogens with zero attached hydrogens (tertiary/aromatic N) is 3. The standard InChI is InChI=1S/C14H13ClN4O3/c1-18-10-5-8(3-4-11(10)22-7-12(18)20)17-9-6-16-19(2)14(21)13(9)15/h3-6,17H,7H2,1-2H3. The van der Waals surface area contributed by atoms with Gasteiger partial charge in [-0.15, -0.1) is 0 Å². The number of fused-ring (bicyclic) bond motifs is 1. The molecule has 1 aliphatic rings. The lowest BCUT2D eigenvalue weighted by molar-refractivity contribution is -0.120. The molecule has 7 nitrogen and oxygen atoms in total. The molecule has 1 aromatic heterocycles. The number of benzene rings is 1. The number of likely N-dealkylation sites (N-methyl/N-ethyl adjacent to an activating group) is 1. The Labute approximate surface area is 131 Å². The van der Waals surface area contributed by atoms with E-state index in [0.717, 1.165) is 4.68 Å². The van der Waals surface area contributed by atoms with Crippen LogP contribution in [0.5, 0.6) is 5.75 Å². The first-order chi connectivity index (χ1) is 10.5. The molecular weight excluding hydrogens is 308 g/mol. The van der Waals surface area contributed by atoms with Crippen LogP contribution in [-0.2, 0) is 11.8 Å². The van der Waals surface area contributed by atoms with Gasteiger partial charge in [0.15, 0.2) is 6.61 Å². The zero-order valence-electron chi connectivity index (χ0n) is 12.0. The fourth-order valence-corrected chi connectivity index (χ4v) is 2.32. The topological polar surface area (TPSA) is 76.5 Å². The summed E-state index contributed by atoms with van der Waals surface area (Å²) in [6.45, 7) is 0.0285. The summed E-state index contributed by atoms with van der Waals surface area (Å²) >= 11 is 6.02. The number of carbonyl (C=O) groups excluding carboxylic acids is 1. The van der Waals surface area contributed by atoms with Crippen LogP contribution in [0.25, 0.3) is 0 Å². The Morgan fingerprint density at radius 3 is 2.86 bits per heavy atom. The molecule has 2 heterocycles. The fourth-order valence-electron chi connectivity index (χ4n) is 2.10. The minimum Gasteiger partial charge on any atom is -0.482 e. The van der Waals surface area contributed by atoms with Crippen LogP contribution < -0.4 is 20.5 Å². The lowest BCUT2D eigenvalue weighted by Crippen LogP contribution is -2.35. The van der Waals surface area contributed by atoms with Crippen molar-refractivity contribution in [2.24, 2.45) is 7.05 Å². The van der Waals surface area contributed by atoms with Gasteiger partial charge in [0.2, 0.25) is 0 Å². The maximum absolute atomic E-state index is 11.8. The predicted molar refractivity (Wildman–Crippen MR) is 83.1 cm³/mol. The van der Waals surface area contributed by atoms with Crippen molar-refractivity contribution >= 4 is 34.6 Å². The predicted octanol–water partition coefficient (Wildman–Crippen LogP) is 1.53. The van der Waals surface area contributed by atoms with Crippen LogP contribution in [0.15, 0.2) is 29.2 Å². The van der Waals surface area contributed by atoms with Crippen molar-refractivity contribution in [1.82, 2.24) is 9.78 Å². The van der Waals surface area contributed by atoms with Crippen LogP contribution >= 0.6 is 11.6 Å². The van der Waals surface area contributed by atoms with E-state index in [1.165, 1.54) is 18.1 Å². The molecule has 0 atom stereocenters. The second-order valence-corrected chi connectivity index (χ2v) is 5.23. The molecule has 0 spiro atoms. The van der Waals surface area contributed by atoms with Gasteiger partial charge in [-0.3, -0.25) is 9.59 Å². The largest absolute Gasteiger partial charge is 0.482 e. The molecule has 2 aromatic rings. The summed E-state index contributed by atoms with van der Waals surface area (Å²) in [5, 5.41) is 6.99. The van der Waals surface area contributed by atoms with Crippen molar-refractivity contribution in [1.29, 1.82) is 0 Å². The summed E-state index contributed by atoms with van der Waals surface area (Å²) in [7, 11) is 3.20. The van der Waals surface area contributed by atoms with Gasteiger partial charge in [0.05, 0.1) is 17.6 Å². The van der Waals surface area contributed by atoms with Crippen LogP contribution in [0.4, 0.5) is 17.1 Å². The Balaban J connectivity index is 1.96. The van der Waals surface area contributed by atoms with Crippen molar-refractivity contribution in [2.45, 2.75) is 0 Å². The summed E-state index contributed by atoms with van der Waals surface area (Å²) in [6, 6.07) is 5.28. The minimum absolute atomic E-state index is 0.0285. The van der Waals surface area contributed by atoms with Gasteiger partial charge in [-0.1, -0.05) is 11.6 Å². The van der Waals surface area contributed by atoms with E-state index in [-0.39, 0.29) is 23.1 Å². The molecule has 0 unspecified atom stereocenters. The maximum atomic E-state index is 11.8. The number of anilines is 3. The van der Waals surface area contributed by atoms with Crippen molar-refractivity contribution in [3.8, 4) is 5.75 Å². The van der Waals surface area contributed by atoms with E-state index in [1.807, 2.05) is 0 Å². The van der Waals surface area contributed by atoms with Gasteiger partial charge in [-0.05, 0) is 18.2 Å². The molecule has 114 valence electrons. The summed E-state index contributed by atoms with van der Waals surface area (Å²) in [5.74, 6) is 0.499. The van der Waals surface area contributed by atoms with Crippen LogP contribution in [0.1, 0.15) is 0 Å². The smallest absolute Gasteiger partial charge is 0.287 e. The first-order valence-electron chi connectivity index (χ1n) is 6.49. The van der Waals surface area contributed by atoms with E-state index in [4.69, 9.17) is 16.3 Å². The van der Waals surface area contributed by atoms with Gasteiger partial charge >= 0.3 is 0 Å². The number of amides is 1. The van der Waals surface area contributed by atoms with Crippen molar-refractivity contribution < 1.29 is 9.53 Å². The van der Waals surface area contributed by atoms with Crippen molar-refractivity contribution in [3.05, 3.63) is 39.8 Å². The van der Waals surface area contributed by atoms with E-state index in [2.05, 4.69) is 10.4 Å². The summed E-state index contributed by atoms with van der Waals surface area (Å²) < 4.78 is 6.51. The molecule has 22 heavy (non-hydrogen) atoms. The van der Waals surface area contributed by atoms with Gasteiger partial charge in [-0.2, -0.15) is 5.10 Å². The number of aromatic nitrogens is 2. The number of carbonyl (C=O) groups is 1. The molecule has 1 amide bonds. The third-order valence-corrected chi connectivity index (χ3v) is 3.77. The Morgan fingerprint density at radius 1 is 1.32 bits per heavy atom. The molecule has 0 saturated carbocycles. The average molecular weight is 321 g/mol. The number of rotatable bonds is 2. The van der Waals surface area contributed by atoms with Crippen molar-refractivity contribution in [3.63, 3.8) is 0 Å². The number of hydrogen-bond donors (Lipinski definition) is 1. The van der Waals surface area contributed by atoms with E-state index >= 15 is 0 Å². The third kappa shape index (κ3) is 2.39. The molecule has 0 aliphatic carbocycles. The van der Waals surface area contributed by atoms with Gasteiger partial charge in [-0.25, -0.2) is 4.68 Å². The van der Waals surface area contributed by atoms with Crippen LogP contribution in [0.3, 0.4) is 0 Å². The molecule has 0 fully saturated rings. The zero-order chi connectivity index (χ0) is 15.9. The van der Waals surface area contributed by atoms with Crippen LogP contribution in [0, 0.1) is 0 Å². The highest BCUT2D eigenvalue weighted by molar-refractivity contribution is 6.33. The molecule has 0 bridgehead atoms.